The zero-order valence-electron chi connectivity index (χ0n) is 14.2. The lowest BCUT2D eigenvalue weighted by Gasteiger charge is -2.24. The number of carbonyl (C=O) groups is 2. The van der Waals surface area contributed by atoms with Crippen molar-refractivity contribution in [3.8, 4) is 0 Å². The molecule has 1 saturated heterocycles. The highest BCUT2D eigenvalue weighted by atomic mass is 19.1. The van der Waals surface area contributed by atoms with Gasteiger partial charge < -0.3 is 9.64 Å². The number of ether oxygens (including phenoxy) is 1. The molecule has 1 heterocycles. The molecular formula is C18H24FNO3. The molecule has 2 rings (SSSR count). The molecule has 1 aromatic rings. The number of halogens is 1. The van der Waals surface area contributed by atoms with E-state index in [1.807, 2.05) is 20.8 Å². The van der Waals surface area contributed by atoms with Crippen molar-refractivity contribution in [1.82, 2.24) is 4.90 Å². The van der Waals surface area contributed by atoms with Crippen LogP contribution >= 0.6 is 0 Å². The predicted octanol–water partition coefficient (Wildman–Crippen LogP) is 3.50. The molecule has 0 saturated carbocycles. The van der Waals surface area contributed by atoms with Gasteiger partial charge in [0.05, 0.1) is 0 Å². The van der Waals surface area contributed by atoms with Crippen LogP contribution in [0.3, 0.4) is 0 Å². The molecule has 1 unspecified atom stereocenters. The number of benzene rings is 1. The SMILES string of the molecule is Cc1cc(F)ccc1CC(=O)C1CCN(C(=O)OC(C)(C)C)C1. The van der Waals surface area contributed by atoms with Gasteiger partial charge in [0.1, 0.15) is 17.2 Å². The van der Waals surface area contributed by atoms with Gasteiger partial charge in [-0.05, 0) is 57.4 Å². The Kier molecular flexibility index (Phi) is 5.07. The summed E-state index contributed by atoms with van der Waals surface area (Å²) in [6, 6.07) is 4.46. The fraction of sp³-hybridized carbons (Fsp3) is 0.556. The smallest absolute Gasteiger partial charge is 0.410 e. The molecule has 126 valence electrons. The number of hydrogen-bond acceptors (Lipinski definition) is 3. The third kappa shape index (κ3) is 4.78. The Bertz CT molecular complexity index is 607. The molecule has 0 N–H and O–H groups in total. The molecule has 5 heteroatoms. The van der Waals surface area contributed by atoms with Gasteiger partial charge in [-0.1, -0.05) is 6.07 Å². The molecular weight excluding hydrogens is 297 g/mol. The lowest BCUT2D eigenvalue weighted by molar-refractivity contribution is -0.121. The summed E-state index contributed by atoms with van der Waals surface area (Å²) in [5.41, 5.74) is 1.08. The first-order chi connectivity index (χ1) is 10.7. The Balaban J connectivity index is 1.93. The number of likely N-dealkylation sites (tertiary alicyclic amines) is 1. The Morgan fingerprint density at radius 1 is 1.35 bits per heavy atom. The van der Waals surface area contributed by atoms with Gasteiger partial charge in [0.25, 0.3) is 0 Å². The standard InChI is InChI=1S/C18H24FNO3/c1-12-9-15(19)6-5-13(12)10-16(21)14-7-8-20(11-14)17(22)23-18(2,3)4/h5-6,9,14H,7-8,10-11H2,1-4H3. The second-order valence-electron chi connectivity index (χ2n) is 7.13. The highest BCUT2D eigenvalue weighted by molar-refractivity contribution is 5.85. The number of Topliss-reactive ketones (excluding diaryl/α,β-unsaturated/α-hetero) is 1. The van der Waals surface area contributed by atoms with E-state index in [4.69, 9.17) is 4.74 Å². The van der Waals surface area contributed by atoms with Crippen LogP contribution in [0.15, 0.2) is 18.2 Å². The number of ketones is 1. The molecule has 1 atom stereocenters. The van der Waals surface area contributed by atoms with Gasteiger partial charge in [0, 0.05) is 25.4 Å². The van der Waals surface area contributed by atoms with Gasteiger partial charge in [-0.15, -0.1) is 0 Å². The zero-order valence-corrected chi connectivity index (χ0v) is 14.2. The van der Waals surface area contributed by atoms with Crippen LogP contribution in [0, 0.1) is 18.7 Å². The van der Waals surface area contributed by atoms with Crippen molar-refractivity contribution in [3.63, 3.8) is 0 Å². The molecule has 1 aliphatic rings. The Hall–Kier alpha value is -1.91. The largest absolute Gasteiger partial charge is 0.444 e. The van der Waals surface area contributed by atoms with Crippen molar-refractivity contribution in [3.05, 3.63) is 35.1 Å². The van der Waals surface area contributed by atoms with Crippen LogP contribution in [0.1, 0.15) is 38.3 Å². The van der Waals surface area contributed by atoms with Crippen LogP contribution < -0.4 is 0 Å². The third-order valence-electron chi connectivity index (χ3n) is 3.96. The van der Waals surface area contributed by atoms with Gasteiger partial charge >= 0.3 is 6.09 Å². The van der Waals surface area contributed by atoms with Crippen molar-refractivity contribution in [1.29, 1.82) is 0 Å². The van der Waals surface area contributed by atoms with E-state index in [1.165, 1.54) is 12.1 Å². The van der Waals surface area contributed by atoms with Crippen molar-refractivity contribution in [2.75, 3.05) is 13.1 Å². The van der Waals surface area contributed by atoms with E-state index >= 15 is 0 Å². The van der Waals surface area contributed by atoms with E-state index in [9.17, 15) is 14.0 Å². The second kappa shape index (κ2) is 6.69. The molecule has 1 aromatic carbocycles. The second-order valence-corrected chi connectivity index (χ2v) is 7.13. The zero-order chi connectivity index (χ0) is 17.2. The van der Waals surface area contributed by atoms with Crippen LogP contribution in [0.5, 0.6) is 0 Å². The Morgan fingerprint density at radius 2 is 2.04 bits per heavy atom. The highest BCUT2D eigenvalue weighted by Gasteiger charge is 2.33. The normalized spacial score (nSPS) is 18.1. The average Bonchev–Trinajstić information content (AvgIpc) is 2.90. The van der Waals surface area contributed by atoms with Gasteiger partial charge in [-0.3, -0.25) is 4.79 Å². The first-order valence-electron chi connectivity index (χ1n) is 7.91. The van der Waals surface area contributed by atoms with E-state index in [0.29, 0.717) is 19.5 Å². The lowest BCUT2D eigenvalue weighted by atomic mass is 9.95. The summed E-state index contributed by atoms with van der Waals surface area (Å²) < 4.78 is 18.5. The van der Waals surface area contributed by atoms with Crippen molar-refractivity contribution >= 4 is 11.9 Å². The molecule has 0 bridgehead atoms. The average molecular weight is 321 g/mol. The summed E-state index contributed by atoms with van der Waals surface area (Å²) in [6.07, 6.45) is 0.558. The molecule has 4 nitrogen and oxygen atoms in total. The summed E-state index contributed by atoms with van der Waals surface area (Å²) in [7, 11) is 0. The fourth-order valence-corrected chi connectivity index (χ4v) is 2.71. The van der Waals surface area contributed by atoms with E-state index in [1.54, 1.807) is 17.9 Å². The first kappa shape index (κ1) is 17.4. The van der Waals surface area contributed by atoms with E-state index in [0.717, 1.165) is 11.1 Å². The maximum atomic E-state index is 13.1. The summed E-state index contributed by atoms with van der Waals surface area (Å²) in [4.78, 5) is 26.1. The molecule has 23 heavy (non-hydrogen) atoms. The molecule has 1 aliphatic heterocycles. The van der Waals surface area contributed by atoms with Gasteiger partial charge in [0.2, 0.25) is 0 Å². The van der Waals surface area contributed by atoms with Gasteiger partial charge in [-0.25, -0.2) is 9.18 Å². The van der Waals surface area contributed by atoms with E-state index < -0.39 is 5.60 Å². The number of hydrogen-bond donors (Lipinski definition) is 0. The topological polar surface area (TPSA) is 46.6 Å². The van der Waals surface area contributed by atoms with Gasteiger partial charge in [-0.2, -0.15) is 0 Å². The molecule has 0 aliphatic carbocycles. The minimum atomic E-state index is -0.537. The van der Waals surface area contributed by atoms with Crippen LogP contribution in [-0.4, -0.2) is 35.5 Å². The van der Waals surface area contributed by atoms with Crippen molar-refractivity contribution in [2.45, 2.75) is 46.1 Å². The summed E-state index contributed by atoms with van der Waals surface area (Å²) in [5, 5.41) is 0. The van der Waals surface area contributed by atoms with E-state index in [-0.39, 0.29) is 30.0 Å². The number of rotatable bonds is 3. The molecule has 1 amide bonds. The minimum Gasteiger partial charge on any atom is -0.444 e. The summed E-state index contributed by atoms with van der Waals surface area (Å²) in [5.74, 6) is -0.381. The van der Waals surface area contributed by atoms with E-state index in [2.05, 4.69) is 0 Å². The van der Waals surface area contributed by atoms with Crippen molar-refractivity contribution in [2.24, 2.45) is 5.92 Å². The molecule has 0 spiro atoms. The Morgan fingerprint density at radius 3 is 2.65 bits per heavy atom. The number of amides is 1. The van der Waals surface area contributed by atoms with Crippen LogP contribution in [0.2, 0.25) is 0 Å². The molecule has 0 aromatic heterocycles. The highest BCUT2D eigenvalue weighted by Crippen LogP contribution is 2.22. The summed E-state index contributed by atoms with van der Waals surface area (Å²) in [6.45, 7) is 8.19. The number of aryl methyl sites for hydroxylation is 1. The lowest BCUT2D eigenvalue weighted by Crippen LogP contribution is -2.36. The third-order valence-corrected chi connectivity index (χ3v) is 3.96. The maximum absolute atomic E-state index is 13.1. The van der Waals surface area contributed by atoms with Crippen LogP contribution in [0.4, 0.5) is 9.18 Å². The molecule has 1 fully saturated rings. The van der Waals surface area contributed by atoms with Crippen LogP contribution in [0.25, 0.3) is 0 Å². The monoisotopic (exact) mass is 321 g/mol. The number of nitrogens with zero attached hydrogens (tertiary/aromatic N) is 1. The predicted molar refractivity (Wildman–Crippen MR) is 85.8 cm³/mol. The number of carbonyl (C=O) groups excluding carboxylic acids is 2. The summed E-state index contributed by atoms with van der Waals surface area (Å²) >= 11 is 0. The fourth-order valence-electron chi connectivity index (χ4n) is 2.71. The van der Waals surface area contributed by atoms with Crippen molar-refractivity contribution < 1.29 is 18.7 Å². The Labute approximate surface area is 136 Å². The minimum absolute atomic E-state index is 0.0887. The van der Waals surface area contributed by atoms with Crippen LogP contribution in [-0.2, 0) is 16.0 Å². The molecule has 0 radical (unpaired) electrons. The van der Waals surface area contributed by atoms with Gasteiger partial charge in [0.15, 0.2) is 0 Å². The first-order valence-corrected chi connectivity index (χ1v) is 7.91. The maximum Gasteiger partial charge on any atom is 0.410 e. The quantitative estimate of drug-likeness (QED) is 0.856.